The van der Waals surface area contributed by atoms with Crippen molar-refractivity contribution in [3.63, 3.8) is 0 Å². The fourth-order valence-corrected chi connectivity index (χ4v) is 0.933. The van der Waals surface area contributed by atoms with E-state index in [1.165, 1.54) is 12.1 Å². The Bertz CT molecular complexity index is 230. The van der Waals surface area contributed by atoms with Crippen molar-refractivity contribution >= 4 is 0 Å². The van der Waals surface area contributed by atoms with Crippen LogP contribution in [0.2, 0.25) is 0 Å². The van der Waals surface area contributed by atoms with Crippen molar-refractivity contribution in [3.8, 4) is 11.5 Å². The van der Waals surface area contributed by atoms with Gasteiger partial charge in [0, 0.05) is 0 Å². The second-order valence-electron chi connectivity index (χ2n) is 2.43. The van der Waals surface area contributed by atoms with E-state index in [9.17, 15) is 5.11 Å². The van der Waals surface area contributed by atoms with Gasteiger partial charge in [0.25, 0.3) is 0 Å². The minimum absolute atomic E-state index is 0.202. The summed E-state index contributed by atoms with van der Waals surface area (Å²) in [6.45, 7) is 3.50. The molecule has 54 valence electrons. The maximum Gasteiger partial charge on any atom is 0.121 e. The van der Waals surface area contributed by atoms with E-state index in [4.69, 9.17) is 5.11 Å². The lowest BCUT2D eigenvalue weighted by Crippen LogP contribution is -1.78. The molecule has 0 aliphatic heterocycles. The molecule has 2 heteroatoms. The van der Waals surface area contributed by atoms with E-state index < -0.39 is 0 Å². The first-order valence-electron chi connectivity index (χ1n) is 3.10. The van der Waals surface area contributed by atoms with E-state index >= 15 is 0 Å². The molecule has 1 aromatic rings. The zero-order valence-electron chi connectivity index (χ0n) is 6.05. The van der Waals surface area contributed by atoms with E-state index in [1.54, 1.807) is 13.8 Å². The Kier molecular flexibility index (Phi) is 1.53. The molecule has 1 rings (SSSR count). The Hall–Kier alpha value is -1.18. The number of benzene rings is 1. The summed E-state index contributed by atoms with van der Waals surface area (Å²) in [4.78, 5) is 0. The highest BCUT2D eigenvalue weighted by Gasteiger charge is 2.00. The lowest BCUT2D eigenvalue weighted by Gasteiger charge is -2.02. The molecule has 0 atom stereocenters. The van der Waals surface area contributed by atoms with Crippen LogP contribution in [0.5, 0.6) is 11.5 Å². The fraction of sp³-hybridized carbons (Fsp3) is 0.250. The molecule has 0 saturated carbocycles. The van der Waals surface area contributed by atoms with Gasteiger partial charge < -0.3 is 10.2 Å². The SMILES string of the molecule is Cc1cc(O)cc(C)c1O. The topological polar surface area (TPSA) is 40.5 Å². The third-order valence-corrected chi connectivity index (χ3v) is 1.48. The summed E-state index contributed by atoms with van der Waals surface area (Å²) in [6, 6.07) is 3.06. The van der Waals surface area contributed by atoms with Crippen LogP contribution in [0.25, 0.3) is 0 Å². The van der Waals surface area contributed by atoms with Gasteiger partial charge in [0.1, 0.15) is 11.5 Å². The molecule has 1 aromatic carbocycles. The molecule has 0 spiro atoms. The van der Waals surface area contributed by atoms with E-state index in [0.29, 0.717) is 11.1 Å². The van der Waals surface area contributed by atoms with Crippen LogP contribution in [0.1, 0.15) is 11.1 Å². The lowest BCUT2D eigenvalue weighted by atomic mass is 10.1. The average molecular weight is 138 g/mol. The van der Waals surface area contributed by atoms with Gasteiger partial charge in [-0.25, -0.2) is 0 Å². The van der Waals surface area contributed by atoms with Gasteiger partial charge >= 0.3 is 0 Å². The standard InChI is InChI=1S/C8H10O2/c1-5-3-7(9)4-6(2)8(5)10/h3-4,9-10H,1-2H3. The van der Waals surface area contributed by atoms with Crippen LogP contribution >= 0.6 is 0 Å². The summed E-state index contributed by atoms with van der Waals surface area (Å²) in [5, 5.41) is 18.2. The molecule has 0 unspecified atom stereocenters. The van der Waals surface area contributed by atoms with Gasteiger partial charge in [0.2, 0.25) is 0 Å². The number of hydrogen-bond donors (Lipinski definition) is 2. The van der Waals surface area contributed by atoms with Crippen molar-refractivity contribution < 1.29 is 10.2 Å². The van der Waals surface area contributed by atoms with Gasteiger partial charge in [0.15, 0.2) is 0 Å². The lowest BCUT2D eigenvalue weighted by molar-refractivity contribution is 0.453. The molecule has 0 amide bonds. The minimum Gasteiger partial charge on any atom is -0.508 e. The Morgan fingerprint density at radius 2 is 1.40 bits per heavy atom. The maximum atomic E-state index is 9.22. The van der Waals surface area contributed by atoms with Crippen molar-refractivity contribution in [3.05, 3.63) is 23.3 Å². The summed E-state index contributed by atoms with van der Waals surface area (Å²) < 4.78 is 0. The van der Waals surface area contributed by atoms with Crippen LogP contribution in [0.4, 0.5) is 0 Å². The molecule has 2 N–H and O–H groups in total. The summed E-state index contributed by atoms with van der Waals surface area (Å²) in [5.41, 5.74) is 1.41. The zero-order chi connectivity index (χ0) is 7.72. The number of aromatic hydroxyl groups is 2. The van der Waals surface area contributed by atoms with Crippen LogP contribution in [0, 0.1) is 13.8 Å². The quantitative estimate of drug-likeness (QED) is 0.536. The zero-order valence-corrected chi connectivity index (χ0v) is 6.05. The predicted octanol–water partition coefficient (Wildman–Crippen LogP) is 1.71. The third-order valence-electron chi connectivity index (χ3n) is 1.48. The number of aryl methyl sites for hydroxylation is 2. The van der Waals surface area contributed by atoms with Gasteiger partial charge in [-0.2, -0.15) is 0 Å². The molecule has 0 bridgehead atoms. The monoisotopic (exact) mass is 138 g/mol. The highest BCUT2D eigenvalue weighted by molar-refractivity contribution is 5.44. The van der Waals surface area contributed by atoms with Crippen LogP contribution in [0.15, 0.2) is 12.1 Å². The van der Waals surface area contributed by atoms with E-state index in [2.05, 4.69) is 0 Å². The van der Waals surface area contributed by atoms with Crippen LogP contribution in [0.3, 0.4) is 0 Å². The van der Waals surface area contributed by atoms with Crippen LogP contribution in [-0.2, 0) is 0 Å². The van der Waals surface area contributed by atoms with Crippen molar-refractivity contribution in [2.24, 2.45) is 0 Å². The van der Waals surface area contributed by atoms with Gasteiger partial charge in [-0.3, -0.25) is 0 Å². The molecule has 0 aliphatic carbocycles. The van der Waals surface area contributed by atoms with Gasteiger partial charge in [-0.15, -0.1) is 0 Å². The third kappa shape index (κ3) is 1.05. The van der Waals surface area contributed by atoms with Gasteiger partial charge in [-0.1, -0.05) is 0 Å². The number of phenols is 2. The first-order chi connectivity index (χ1) is 4.61. The summed E-state index contributed by atoms with van der Waals surface area (Å²) >= 11 is 0. The van der Waals surface area contributed by atoms with Crippen molar-refractivity contribution in [2.45, 2.75) is 13.8 Å². The highest BCUT2D eigenvalue weighted by Crippen LogP contribution is 2.25. The molecule has 2 nitrogen and oxygen atoms in total. The molecule has 0 radical (unpaired) electrons. The van der Waals surface area contributed by atoms with E-state index in [-0.39, 0.29) is 11.5 Å². The second kappa shape index (κ2) is 2.21. The number of rotatable bonds is 0. The van der Waals surface area contributed by atoms with Crippen molar-refractivity contribution in [1.82, 2.24) is 0 Å². The van der Waals surface area contributed by atoms with E-state index in [0.717, 1.165) is 0 Å². The number of phenolic OH excluding ortho intramolecular Hbond substituents is 2. The molecule has 0 aliphatic rings. The summed E-state index contributed by atoms with van der Waals surface area (Å²) in [7, 11) is 0. The first kappa shape index (κ1) is 6.93. The molecular weight excluding hydrogens is 128 g/mol. The molecule has 0 fully saturated rings. The Balaban J connectivity index is 3.31. The normalized spacial score (nSPS) is 9.80. The van der Waals surface area contributed by atoms with Gasteiger partial charge in [-0.05, 0) is 37.1 Å². The Morgan fingerprint density at radius 3 is 1.80 bits per heavy atom. The second-order valence-corrected chi connectivity index (χ2v) is 2.43. The Morgan fingerprint density at radius 1 is 1.00 bits per heavy atom. The number of hydrogen-bond acceptors (Lipinski definition) is 2. The highest BCUT2D eigenvalue weighted by atomic mass is 16.3. The smallest absolute Gasteiger partial charge is 0.121 e. The minimum atomic E-state index is 0.202. The summed E-state index contributed by atoms with van der Waals surface area (Å²) in [5.74, 6) is 0.464. The maximum absolute atomic E-state index is 9.22. The Labute approximate surface area is 59.7 Å². The molecule has 0 heterocycles. The summed E-state index contributed by atoms with van der Waals surface area (Å²) in [6.07, 6.45) is 0. The van der Waals surface area contributed by atoms with Crippen LogP contribution < -0.4 is 0 Å². The molecular formula is C8H10O2. The fourth-order valence-electron chi connectivity index (χ4n) is 0.933. The molecule has 0 saturated heterocycles. The van der Waals surface area contributed by atoms with E-state index in [1.807, 2.05) is 0 Å². The average Bonchev–Trinajstić information content (AvgIpc) is 1.82. The first-order valence-corrected chi connectivity index (χ1v) is 3.10. The van der Waals surface area contributed by atoms with Crippen LogP contribution in [-0.4, -0.2) is 10.2 Å². The van der Waals surface area contributed by atoms with Crippen molar-refractivity contribution in [2.75, 3.05) is 0 Å². The largest absolute Gasteiger partial charge is 0.508 e. The molecule has 10 heavy (non-hydrogen) atoms. The van der Waals surface area contributed by atoms with Crippen molar-refractivity contribution in [1.29, 1.82) is 0 Å². The van der Waals surface area contributed by atoms with Gasteiger partial charge in [0.05, 0.1) is 0 Å². The molecule has 0 aromatic heterocycles. The predicted molar refractivity (Wildman–Crippen MR) is 39.2 cm³/mol.